The lowest BCUT2D eigenvalue weighted by Crippen LogP contribution is -2.09. The SMILES string of the molecule is Cc1cc2c(C(F)(F)F)c(C#N)ccc2n1Cc1cccc(C#N)c1. The molecular formula is C19H12F3N3. The highest BCUT2D eigenvalue weighted by molar-refractivity contribution is 5.87. The maximum absolute atomic E-state index is 13.4. The molecule has 1 heterocycles. The molecule has 3 rings (SSSR count). The van der Waals surface area contributed by atoms with E-state index in [0.29, 0.717) is 23.3 Å². The molecule has 124 valence electrons. The van der Waals surface area contributed by atoms with Gasteiger partial charge in [0.05, 0.1) is 28.8 Å². The van der Waals surface area contributed by atoms with Gasteiger partial charge in [0.2, 0.25) is 0 Å². The minimum atomic E-state index is -4.61. The molecule has 3 nitrogen and oxygen atoms in total. The molecule has 0 radical (unpaired) electrons. The number of nitrogens with zero attached hydrogens (tertiary/aromatic N) is 3. The van der Waals surface area contributed by atoms with E-state index in [2.05, 4.69) is 0 Å². The molecule has 0 aliphatic heterocycles. The van der Waals surface area contributed by atoms with E-state index in [1.807, 2.05) is 12.1 Å². The maximum atomic E-state index is 13.4. The van der Waals surface area contributed by atoms with Crippen LogP contribution in [-0.4, -0.2) is 4.57 Å². The summed E-state index contributed by atoms with van der Waals surface area (Å²) in [5.41, 5.74) is 1.08. The van der Waals surface area contributed by atoms with Crippen LogP contribution in [0.5, 0.6) is 0 Å². The Hall–Kier alpha value is -3.25. The third-order valence-electron chi connectivity index (χ3n) is 4.09. The Morgan fingerprint density at radius 2 is 1.80 bits per heavy atom. The molecule has 0 bridgehead atoms. The predicted octanol–water partition coefficient (Wildman–Crippen LogP) is 4.76. The second-order valence-corrected chi connectivity index (χ2v) is 5.71. The van der Waals surface area contributed by atoms with Gasteiger partial charge < -0.3 is 4.57 Å². The number of nitriles is 2. The largest absolute Gasteiger partial charge is 0.418 e. The van der Waals surface area contributed by atoms with Gasteiger partial charge in [-0.05, 0) is 42.8 Å². The van der Waals surface area contributed by atoms with Crippen LogP contribution in [-0.2, 0) is 12.7 Å². The maximum Gasteiger partial charge on any atom is 0.418 e. The van der Waals surface area contributed by atoms with Crippen LogP contribution in [0.4, 0.5) is 13.2 Å². The summed E-state index contributed by atoms with van der Waals surface area (Å²) in [5, 5.41) is 18.0. The lowest BCUT2D eigenvalue weighted by Gasteiger charge is -2.12. The minimum Gasteiger partial charge on any atom is -0.340 e. The van der Waals surface area contributed by atoms with Crippen molar-refractivity contribution in [1.29, 1.82) is 10.5 Å². The molecule has 3 aromatic rings. The Labute approximate surface area is 142 Å². The molecule has 0 amide bonds. The first-order valence-electron chi connectivity index (χ1n) is 7.44. The van der Waals surface area contributed by atoms with Gasteiger partial charge in [-0.15, -0.1) is 0 Å². The van der Waals surface area contributed by atoms with E-state index in [9.17, 15) is 13.2 Å². The number of fused-ring (bicyclic) bond motifs is 1. The summed E-state index contributed by atoms with van der Waals surface area (Å²) in [6.45, 7) is 2.06. The average molecular weight is 339 g/mol. The Balaban J connectivity index is 2.20. The van der Waals surface area contributed by atoms with Crippen LogP contribution in [0.1, 0.15) is 27.9 Å². The van der Waals surface area contributed by atoms with E-state index in [0.717, 1.165) is 5.56 Å². The van der Waals surface area contributed by atoms with Gasteiger partial charge in [0, 0.05) is 23.1 Å². The molecule has 2 aromatic carbocycles. The van der Waals surface area contributed by atoms with Gasteiger partial charge >= 0.3 is 6.18 Å². The number of rotatable bonds is 2. The van der Waals surface area contributed by atoms with Crippen LogP contribution in [0.15, 0.2) is 42.5 Å². The van der Waals surface area contributed by atoms with Gasteiger partial charge in [0.15, 0.2) is 0 Å². The number of aryl methyl sites for hydroxylation is 1. The fourth-order valence-electron chi connectivity index (χ4n) is 3.00. The first-order chi connectivity index (χ1) is 11.8. The minimum absolute atomic E-state index is 0.0143. The third kappa shape index (κ3) is 2.95. The highest BCUT2D eigenvalue weighted by Crippen LogP contribution is 2.38. The van der Waals surface area contributed by atoms with Crippen molar-refractivity contribution >= 4 is 10.9 Å². The number of hydrogen-bond donors (Lipinski definition) is 0. The van der Waals surface area contributed by atoms with Crippen molar-refractivity contribution in [3.8, 4) is 12.1 Å². The fraction of sp³-hybridized carbons (Fsp3) is 0.158. The van der Waals surface area contributed by atoms with Crippen LogP contribution >= 0.6 is 0 Å². The van der Waals surface area contributed by atoms with E-state index in [4.69, 9.17) is 10.5 Å². The zero-order valence-corrected chi connectivity index (χ0v) is 13.2. The molecular weight excluding hydrogens is 327 g/mol. The Bertz CT molecular complexity index is 1050. The van der Waals surface area contributed by atoms with Gasteiger partial charge in [-0.25, -0.2) is 0 Å². The van der Waals surface area contributed by atoms with Gasteiger partial charge in [0.1, 0.15) is 0 Å². The molecule has 6 heteroatoms. The van der Waals surface area contributed by atoms with Crippen LogP contribution in [0, 0.1) is 29.6 Å². The first-order valence-corrected chi connectivity index (χ1v) is 7.44. The third-order valence-corrected chi connectivity index (χ3v) is 4.09. The molecule has 25 heavy (non-hydrogen) atoms. The van der Waals surface area contributed by atoms with Gasteiger partial charge in [-0.1, -0.05) is 12.1 Å². The molecule has 0 spiro atoms. The van der Waals surface area contributed by atoms with E-state index in [1.165, 1.54) is 18.2 Å². The smallest absolute Gasteiger partial charge is 0.340 e. The van der Waals surface area contributed by atoms with Crippen LogP contribution in [0.2, 0.25) is 0 Å². The monoisotopic (exact) mass is 339 g/mol. The highest BCUT2D eigenvalue weighted by atomic mass is 19.4. The van der Waals surface area contributed by atoms with E-state index >= 15 is 0 Å². The molecule has 0 saturated carbocycles. The first kappa shape index (κ1) is 16.6. The van der Waals surface area contributed by atoms with Gasteiger partial charge in [-0.2, -0.15) is 23.7 Å². The van der Waals surface area contributed by atoms with Gasteiger partial charge in [-0.3, -0.25) is 0 Å². The fourth-order valence-corrected chi connectivity index (χ4v) is 3.00. The summed E-state index contributed by atoms with van der Waals surface area (Å²) in [4.78, 5) is 0. The average Bonchev–Trinajstić information content (AvgIpc) is 2.88. The van der Waals surface area contributed by atoms with Crippen molar-refractivity contribution < 1.29 is 13.2 Å². The molecule has 0 atom stereocenters. The van der Waals surface area contributed by atoms with Crippen molar-refractivity contribution in [3.63, 3.8) is 0 Å². The van der Waals surface area contributed by atoms with Gasteiger partial charge in [0.25, 0.3) is 0 Å². The van der Waals surface area contributed by atoms with Crippen LogP contribution in [0.25, 0.3) is 10.9 Å². The summed E-state index contributed by atoms with van der Waals surface area (Å²) in [6, 6.07) is 14.8. The van der Waals surface area contributed by atoms with Crippen LogP contribution in [0.3, 0.4) is 0 Å². The summed E-state index contributed by atoms with van der Waals surface area (Å²) in [6.07, 6.45) is -4.61. The number of halogens is 3. The Kier molecular flexibility index (Phi) is 3.98. The molecule has 0 N–H and O–H groups in total. The molecule has 0 saturated heterocycles. The quantitative estimate of drug-likeness (QED) is 0.676. The summed E-state index contributed by atoms with van der Waals surface area (Å²) < 4.78 is 42.1. The van der Waals surface area contributed by atoms with Crippen molar-refractivity contribution in [1.82, 2.24) is 4.57 Å². The number of benzene rings is 2. The Morgan fingerprint density at radius 3 is 2.44 bits per heavy atom. The van der Waals surface area contributed by atoms with Crippen molar-refractivity contribution in [2.24, 2.45) is 0 Å². The molecule has 1 aromatic heterocycles. The predicted molar refractivity (Wildman–Crippen MR) is 86.7 cm³/mol. The molecule has 0 aliphatic rings. The Morgan fingerprint density at radius 1 is 1.04 bits per heavy atom. The second kappa shape index (κ2) is 5.99. The van der Waals surface area contributed by atoms with Crippen molar-refractivity contribution in [2.45, 2.75) is 19.6 Å². The number of alkyl halides is 3. The zero-order chi connectivity index (χ0) is 18.2. The standard InChI is InChI=1S/C19H12F3N3/c1-12-7-16-17(6-5-15(10-24)18(16)19(20,21)22)25(12)11-14-4-2-3-13(8-14)9-23/h2-8H,11H2,1H3. The summed E-state index contributed by atoms with van der Waals surface area (Å²) in [7, 11) is 0. The zero-order valence-electron chi connectivity index (χ0n) is 13.2. The lowest BCUT2D eigenvalue weighted by molar-refractivity contribution is -0.136. The molecule has 0 aliphatic carbocycles. The van der Waals surface area contributed by atoms with Crippen molar-refractivity contribution in [3.05, 3.63) is 70.4 Å². The summed E-state index contributed by atoms with van der Waals surface area (Å²) in [5.74, 6) is 0. The van der Waals surface area contributed by atoms with Crippen molar-refractivity contribution in [2.75, 3.05) is 0 Å². The second-order valence-electron chi connectivity index (χ2n) is 5.71. The number of hydrogen-bond acceptors (Lipinski definition) is 2. The van der Waals surface area contributed by atoms with E-state index in [1.54, 1.807) is 35.8 Å². The lowest BCUT2D eigenvalue weighted by atomic mass is 10.0. The normalized spacial score (nSPS) is 11.3. The van der Waals surface area contributed by atoms with Crippen LogP contribution < -0.4 is 0 Å². The number of aromatic nitrogens is 1. The molecule has 0 fully saturated rings. The van der Waals surface area contributed by atoms with E-state index in [-0.39, 0.29) is 10.9 Å². The topological polar surface area (TPSA) is 52.5 Å². The van der Waals surface area contributed by atoms with E-state index < -0.39 is 11.7 Å². The summed E-state index contributed by atoms with van der Waals surface area (Å²) >= 11 is 0. The molecule has 0 unspecified atom stereocenters. The highest BCUT2D eigenvalue weighted by Gasteiger charge is 2.36.